The third-order valence-electron chi connectivity index (χ3n) is 3.60. The first kappa shape index (κ1) is 12.0. The minimum atomic E-state index is 0.307. The summed E-state index contributed by atoms with van der Waals surface area (Å²) in [6.45, 7) is 10.4. The smallest absolute Gasteiger partial charge is 0.0417 e. The molecule has 0 radical (unpaired) electrons. The lowest BCUT2D eigenvalue weighted by Crippen LogP contribution is -2.41. The average Bonchev–Trinajstić information content (AvgIpc) is 2.16. The first-order valence-corrected chi connectivity index (χ1v) is 6.78. The van der Waals surface area contributed by atoms with Crippen molar-refractivity contribution < 1.29 is 0 Å². The highest BCUT2D eigenvalue weighted by atomic mass is 79.9. The first-order chi connectivity index (χ1) is 7.42. The Kier molecular flexibility index (Phi) is 3.04. The van der Waals surface area contributed by atoms with Crippen molar-refractivity contribution in [2.45, 2.75) is 45.6 Å². The van der Waals surface area contributed by atoms with Gasteiger partial charge in [0, 0.05) is 22.7 Å². The van der Waals surface area contributed by atoms with E-state index in [2.05, 4.69) is 66.7 Å². The minimum Gasteiger partial charge on any atom is -0.369 e. The van der Waals surface area contributed by atoms with E-state index < -0.39 is 0 Å². The van der Waals surface area contributed by atoms with Gasteiger partial charge in [-0.25, -0.2) is 0 Å². The van der Waals surface area contributed by atoms with Crippen molar-refractivity contribution in [2.24, 2.45) is 0 Å². The molecule has 2 heteroatoms. The fourth-order valence-corrected chi connectivity index (χ4v) is 2.86. The van der Waals surface area contributed by atoms with Crippen molar-refractivity contribution in [1.29, 1.82) is 0 Å². The molecule has 0 aromatic heterocycles. The van der Waals surface area contributed by atoms with Crippen LogP contribution >= 0.6 is 15.9 Å². The number of hydrogen-bond donors (Lipinski definition) is 0. The molecule has 0 amide bonds. The van der Waals surface area contributed by atoms with Crippen LogP contribution in [0.25, 0.3) is 0 Å². The summed E-state index contributed by atoms with van der Waals surface area (Å²) in [5.41, 5.74) is 3.19. The van der Waals surface area contributed by atoms with E-state index in [4.69, 9.17) is 0 Å². The van der Waals surface area contributed by atoms with E-state index in [0.29, 0.717) is 11.5 Å². The van der Waals surface area contributed by atoms with E-state index >= 15 is 0 Å². The van der Waals surface area contributed by atoms with Crippen molar-refractivity contribution >= 4 is 21.6 Å². The average molecular weight is 282 g/mol. The fourth-order valence-electron chi connectivity index (χ4n) is 2.51. The lowest BCUT2D eigenvalue weighted by molar-refractivity contribution is 0.442. The maximum atomic E-state index is 3.58. The van der Waals surface area contributed by atoms with Gasteiger partial charge in [0.2, 0.25) is 0 Å². The molecule has 1 aromatic carbocycles. The Hall–Kier alpha value is -0.500. The Morgan fingerprint density at radius 3 is 2.62 bits per heavy atom. The van der Waals surface area contributed by atoms with Gasteiger partial charge >= 0.3 is 0 Å². The molecule has 0 saturated carbocycles. The van der Waals surface area contributed by atoms with Crippen LogP contribution in [0.5, 0.6) is 0 Å². The van der Waals surface area contributed by atoms with E-state index in [9.17, 15) is 0 Å². The van der Waals surface area contributed by atoms with Crippen molar-refractivity contribution in [3.05, 3.63) is 28.2 Å². The van der Waals surface area contributed by atoms with Crippen LogP contribution in [0.15, 0.2) is 22.7 Å². The summed E-state index contributed by atoms with van der Waals surface area (Å²) in [6, 6.07) is 7.26. The van der Waals surface area contributed by atoms with Crippen LogP contribution < -0.4 is 4.90 Å². The van der Waals surface area contributed by atoms with Crippen LogP contribution in [0.2, 0.25) is 0 Å². The van der Waals surface area contributed by atoms with Crippen LogP contribution in [-0.2, 0) is 5.41 Å². The minimum absolute atomic E-state index is 0.307. The Morgan fingerprint density at radius 2 is 2.00 bits per heavy atom. The van der Waals surface area contributed by atoms with Crippen LogP contribution in [0.1, 0.15) is 39.7 Å². The van der Waals surface area contributed by atoms with Crippen LogP contribution in [0.3, 0.4) is 0 Å². The molecule has 0 atom stereocenters. The van der Waals surface area contributed by atoms with Gasteiger partial charge in [0.1, 0.15) is 0 Å². The Morgan fingerprint density at radius 1 is 1.31 bits per heavy atom. The van der Waals surface area contributed by atoms with Gasteiger partial charge in [-0.15, -0.1) is 0 Å². The molecule has 0 spiro atoms. The highest BCUT2D eigenvalue weighted by Gasteiger charge is 2.31. The summed E-state index contributed by atoms with van der Waals surface area (Å²) < 4.78 is 1.18. The van der Waals surface area contributed by atoms with Crippen molar-refractivity contribution in [3.8, 4) is 0 Å². The third kappa shape index (κ3) is 2.00. The number of benzene rings is 1. The van der Waals surface area contributed by atoms with Gasteiger partial charge in [0.15, 0.2) is 0 Å². The second-order valence-electron chi connectivity index (χ2n) is 5.58. The predicted molar refractivity (Wildman–Crippen MR) is 74.3 cm³/mol. The van der Waals surface area contributed by atoms with Crippen LogP contribution in [-0.4, -0.2) is 12.6 Å². The first-order valence-electron chi connectivity index (χ1n) is 5.98. The van der Waals surface area contributed by atoms with E-state index in [1.807, 2.05) is 0 Å². The van der Waals surface area contributed by atoms with E-state index in [1.165, 1.54) is 22.1 Å². The molecule has 2 rings (SSSR count). The summed E-state index contributed by atoms with van der Waals surface area (Å²) >= 11 is 3.58. The zero-order valence-electron chi connectivity index (χ0n) is 10.5. The van der Waals surface area contributed by atoms with E-state index in [-0.39, 0.29) is 0 Å². The Bertz CT molecular complexity index is 396. The molecule has 1 nitrogen and oxygen atoms in total. The maximum Gasteiger partial charge on any atom is 0.0417 e. The van der Waals surface area contributed by atoms with Crippen LogP contribution in [0, 0.1) is 0 Å². The molecule has 0 N–H and O–H groups in total. The quantitative estimate of drug-likeness (QED) is 0.740. The molecule has 0 fully saturated rings. The molecule has 1 aliphatic rings. The molecule has 1 aliphatic heterocycles. The number of fused-ring (bicyclic) bond motifs is 1. The molecule has 88 valence electrons. The molecule has 1 heterocycles. The number of hydrogen-bond acceptors (Lipinski definition) is 1. The van der Waals surface area contributed by atoms with Gasteiger partial charge in [0.25, 0.3) is 0 Å². The largest absolute Gasteiger partial charge is 0.369 e. The topological polar surface area (TPSA) is 3.24 Å². The number of rotatable bonds is 1. The lowest BCUT2D eigenvalue weighted by atomic mass is 9.77. The van der Waals surface area contributed by atoms with Crippen molar-refractivity contribution in [3.63, 3.8) is 0 Å². The standard InChI is InChI=1S/C14H20BrN/c1-10(2)16-8-7-14(3,4)12-6-5-11(15)9-13(12)16/h5-6,9-10H,7-8H2,1-4H3. The second kappa shape index (κ2) is 4.06. The SMILES string of the molecule is CC(C)N1CCC(C)(C)c2ccc(Br)cc21. The van der Waals surface area contributed by atoms with E-state index in [0.717, 1.165) is 6.54 Å². The number of halogens is 1. The third-order valence-corrected chi connectivity index (χ3v) is 4.09. The summed E-state index contributed by atoms with van der Waals surface area (Å²) in [5, 5.41) is 0. The fraction of sp³-hybridized carbons (Fsp3) is 0.571. The van der Waals surface area contributed by atoms with Gasteiger partial charge < -0.3 is 4.90 Å². The Labute approximate surface area is 107 Å². The summed E-state index contributed by atoms with van der Waals surface area (Å²) in [6.07, 6.45) is 1.24. The summed E-state index contributed by atoms with van der Waals surface area (Å²) in [5.74, 6) is 0. The molecule has 0 saturated heterocycles. The highest BCUT2D eigenvalue weighted by Crippen LogP contribution is 2.41. The summed E-state index contributed by atoms with van der Waals surface area (Å²) in [7, 11) is 0. The van der Waals surface area contributed by atoms with Gasteiger partial charge in [-0.2, -0.15) is 0 Å². The molecule has 16 heavy (non-hydrogen) atoms. The van der Waals surface area contributed by atoms with Crippen LogP contribution in [0.4, 0.5) is 5.69 Å². The summed E-state index contributed by atoms with van der Waals surface area (Å²) in [4.78, 5) is 2.51. The highest BCUT2D eigenvalue weighted by molar-refractivity contribution is 9.10. The predicted octanol–water partition coefficient (Wildman–Crippen LogP) is 4.35. The van der Waals surface area contributed by atoms with Crippen molar-refractivity contribution in [2.75, 3.05) is 11.4 Å². The number of nitrogens with zero attached hydrogens (tertiary/aromatic N) is 1. The zero-order valence-corrected chi connectivity index (χ0v) is 12.1. The van der Waals surface area contributed by atoms with Gasteiger partial charge in [-0.1, -0.05) is 35.8 Å². The molecule has 0 bridgehead atoms. The lowest BCUT2D eigenvalue weighted by Gasteiger charge is -2.42. The molecular formula is C14H20BrN. The molecule has 0 unspecified atom stereocenters. The van der Waals surface area contributed by atoms with E-state index in [1.54, 1.807) is 0 Å². The van der Waals surface area contributed by atoms with Gasteiger partial charge in [-0.05, 0) is 43.4 Å². The van der Waals surface area contributed by atoms with Gasteiger partial charge in [-0.3, -0.25) is 0 Å². The van der Waals surface area contributed by atoms with Gasteiger partial charge in [0.05, 0.1) is 0 Å². The zero-order chi connectivity index (χ0) is 11.9. The Balaban J connectivity index is 2.54. The second-order valence-corrected chi connectivity index (χ2v) is 6.50. The van der Waals surface area contributed by atoms with Crippen molar-refractivity contribution in [1.82, 2.24) is 0 Å². The maximum absolute atomic E-state index is 3.58. The monoisotopic (exact) mass is 281 g/mol. The normalized spacial score (nSPS) is 18.8. The molecule has 0 aliphatic carbocycles. The number of anilines is 1. The molecular weight excluding hydrogens is 262 g/mol. The molecule has 1 aromatic rings.